The smallest absolute Gasteiger partial charge is 0.0928 e. The lowest BCUT2D eigenvalue weighted by molar-refractivity contribution is 0.648. The Hall–Kier alpha value is -2.38. The standard InChI is InChI=1S/C21H19N/c22-21(18-10-2-1-3-11-18)19-12-6-4-8-16(19)14-15-17-9-5-7-13-20(17)21/h1-13H,14-15,22H2. The first-order valence-electron chi connectivity index (χ1n) is 7.81. The highest BCUT2D eigenvalue weighted by Gasteiger charge is 2.36. The lowest BCUT2D eigenvalue weighted by atomic mass is 9.76. The number of aryl methyl sites for hydroxylation is 2. The zero-order chi connectivity index (χ0) is 15.0. The predicted octanol–water partition coefficient (Wildman–Crippen LogP) is 4.04. The fraction of sp³-hybridized carbons (Fsp3) is 0.143. The molecule has 22 heavy (non-hydrogen) atoms. The minimum atomic E-state index is -0.578. The maximum Gasteiger partial charge on any atom is 0.0928 e. The Morgan fingerprint density at radius 2 is 1.05 bits per heavy atom. The Kier molecular flexibility index (Phi) is 3.09. The number of hydrogen-bond acceptors (Lipinski definition) is 1. The Morgan fingerprint density at radius 1 is 0.591 bits per heavy atom. The van der Waals surface area contributed by atoms with Crippen molar-refractivity contribution in [1.29, 1.82) is 0 Å². The van der Waals surface area contributed by atoms with Crippen LogP contribution >= 0.6 is 0 Å². The van der Waals surface area contributed by atoms with Crippen molar-refractivity contribution in [3.63, 3.8) is 0 Å². The normalized spacial score (nSPS) is 15.5. The van der Waals surface area contributed by atoms with Gasteiger partial charge < -0.3 is 5.73 Å². The summed E-state index contributed by atoms with van der Waals surface area (Å²) >= 11 is 0. The van der Waals surface area contributed by atoms with Gasteiger partial charge in [-0.15, -0.1) is 0 Å². The first-order chi connectivity index (χ1) is 10.8. The second-order valence-electron chi connectivity index (χ2n) is 5.99. The molecule has 0 fully saturated rings. The van der Waals surface area contributed by atoms with Crippen LogP contribution in [-0.4, -0.2) is 0 Å². The highest BCUT2D eigenvalue weighted by atomic mass is 14.8. The van der Waals surface area contributed by atoms with Crippen molar-refractivity contribution in [2.75, 3.05) is 0 Å². The van der Waals surface area contributed by atoms with Gasteiger partial charge in [-0.05, 0) is 40.7 Å². The first kappa shape index (κ1) is 13.3. The molecular formula is C21H19N. The molecule has 0 saturated heterocycles. The Morgan fingerprint density at radius 3 is 1.59 bits per heavy atom. The molecule has 3 aromatic rings. The lowest BCUT2D eigenvalue weighted by Gasteiger charge is -2.33. The lowest BCUT2D eigenvalue weighted by Crippen LogP contribution is -2.40. The summed E-state index contributed by atoms with van der Waals surface area (Å²) in [5, 5.41) is 0. The molecule has 108 valence electrons. The fourth-order valence-corrected chi connectivity index (χ4v) is 3.67. The molecule has 0 saturated carbocycles. The first-order valence-corrected chi connectivity index (χ1v) is 7.81. The number of nitrogens with two attached hydrogens (primary N) is 1. The molecule has 0 spiro atoms. The summed E-state index contributed by atoms with van der Waals surface area (Å²) in [4.78, 5) is 0. The van der Waals surface area contributed by atoms with E-state index in [2.05, 4.69) is 72.8 Å². The second kappa shape index (κ2) is 5.11. The second-order valence-corrected chi connectivity index (χ2v) is 5.99. The van der Waals surface area contributed by atoms with Gasteiger partial charge in [-0.3, -0.25) is 0 Å². The van der Waals surface area contributed by atoms with Crippen molar-refractivity contribution in [1.82, 2.24) is 0 Å². The maximum absolute atomic E-state index is 7.10. The third kappa shape index (κ3) is 1.90. The number of fused-ring (bicyclic) bond motifs is 2. The molecule has 0 radical (unpaired) electrons. The summed E-state index contributed by atoms with van der Waals surface area (Å²) in [6.45, 7) is 0. The Labute approximate surface area is 131 Å². The minimum absolute atomic E-state index is 0.578. The van der Waals surface area contributed by atoms with Crippen LogP contribution in [0.3, 0.4) is 0 Å². The van der Waals surface area contributed by atoms with Crippen LogP contribution in [-0.2, 0) is 18.4 Å². The molecule has 0 aromatic heterocycles. The third-order valence-electron chi connectivity index (χ3n) is 4.78. The molecule has 1 aliphatic rings. The molecule has 3 aromatic carbocycles. The number of benzene rings is 3. The van der Waals surface area contributed by atoms with E-state index in [0.29, 0.717) is 0 Å². The summed E-state index contributed by atoms with van der Waals surface area (Å²) in [6, 6.07) is 27.7. The summed E-state index contributed by atoms with van der Waals surface area (Å²) in [6.07, 6.45) is 2.08. The van der Waals surface area contributed by atoms with Crippen LogP contribution in [0.1, 0.15) is 27.8 Å². The molecule has 1 heteroatoms. The average Bonchev–Trinajstić information content (AvgIpc) is 2.73. The van der Waals surface area contributed by atoms with Gasteiger partial charge in [0, 0.05) is 0 Å². The molecule has 0 unspecified atom stereocenters. The summed E-state index contributed by atoms with van der Waals surface area (Å²) in [7, 11) is 0. The summed E-state index contributed by atoms with van der Waals surface area (Å²) < 4.78 is 0. The van der Waals surface area contributed by atoms with Crippen molar-refractivity contribution in [2.45, 2.75) is 18.4 Å². The highest BCUT2D eigenvalue weighted by molar-refractivity contribution is 5.55. The molecule has 1 nitrogen and oxygen atoms in total. The highest BCUT2D eigenvalue weighted by Crippen LogP contribution is 2.40. The molecule has 0 atom stereocenters. The van der Waals surface area contributed by atoms with Gasteiger partial charge in [0.1, 0.15) is 0 Å². The molecule has 0 bridgehead atoms. The molecule has 4 rings (SSSR count). The van der Waals surface area contributed by atoms with Crippen LogP contribution in [0, 0.1) is 0 Å². The zero-order valence-corrected chi connectivity index (χ0v) is 12.5. The van der Waals surface area contributed by atoms with Crippen molar-refractivity contribution >= 4 is 0 Å². The molecule has 0 aliphatic heterocycles. The van der Waals surface area contributed by atoms with Crippen molar-refractivity contribution in [3.8, 4) is 0 Å². The Balaban J connectivity index is 2.08. The van der Waals surface area contributed by atoms with Gasteiger partial charge in [-0.2, -0.15) is 0 Å². The van der Waals surface area contributed by atoms with Crippen molar-refractivity contribution in [3.05, 3.63) is 107 Å². The van der Waals surface area contributed by atoms with E-state index in [4.69, 9.17) is 5.73 Å². The van der Waals surface area contributed by atoms with Crippen LogP contribution in [0.5, 0.6) is 0 Å². The van der Waals surface area contributed by atoms with Crippen molar-refractivity contribution in [2.24, 2.45) is 5.73 Å². The topological polar surface area (TPSA) is 26.0 Å². The SMILES string of the molecule is NC1(c2ccccc2)c2ccccc2CCc2ccccc21. The van der Waals surface area contributed by atoms with E-state index < -0.39 is 5.54 Å². The summed E-state index contributed by atoms with van der Waals surface area (Å²) in [5.41, 5.74) is 12.8. The quantitative estimate of drug-likeness (QED) is 0.717. The van der Waals surface area contributed by atoms with Crippen LogP contribution in [0.25, 0.3) is 0 Å². The van der Waals surface area contributed by atoms with Crippen LogP contribution in [0.2, 0.25) is 0 Å². The molecular weight excluding hydrogens is 266 g/mol. The van der Waals surface area contributed by atoms with Gasteiger partial charge in [0.25, 0.3) is 0 Å². The van der Waals surface area contributed by atoms with E-state index in [-0.39, 0.29) is 0 Å². The monoisotopic (exact) mass is 285 g/mol. The molecule has 0 heterocycles. The maximum atomic E-state index is 7.10. The molecule has 1 aliphatic carbocycles. The van der Waals surface area contributed by atoms with E-state index in [9.17, 15) is 0 Å². The van der Waals surface area contributed by atoms with Gasteiger partial charge >= 0.3 is 0 Å². The molecule has 2 N–H and O–H groups in total. The van der Waals surface area contributed by atoms with Crippen molar-refractivity contribution < 1.29 is 0 Å². The fourth-order valence-electron chi connectivity index (χ4n) is 3.67. The van der Waals surface area contributed by atoms with Gasteiger partial charge in [0.2, 0.25) is 0 Å². The predicted molar refractivity (Wildman–Crippen MR) is 90.8 cm³/mol. The van der Waals surface area contributed by atoms with E-state index in [0.717, 1.165) is 18.4 Å². The molecule has 0 amide bonds. The van der Waals surface area contributed by atoms with Gasteiger partial charge in [-0.25, -0.2) is 0 Å². The minimum Gasteiger partial charge on any atom is -0.314 e. The van der Waals surface area contributed by atoms with Crippen LogP contribution in [0.15, 0.2) is 78.9 Å². The van der Waals surface area contributed by atoms with Gasteiger partial charge in [-0.1, -0.05) is 78.9 Å². The zero-order valence-electron chi connectivity index (χ0n) is 12.5. The Bertz CT molecular complexity index is 757. The van der Waals surface area contributed by atoms with E-state index in [1.807, 2.05) is 6.07 Å². The average molecular weight is 285 g/mol. The van der Waals surface area contributed by atoms with Crippen LogP contribution < -0.4 is 5.73 Å². The number of hydrogen-bond donors (Lipinski definition) is 1. The third-order valence-corrected chi connectivity index (χ3v) is 4.78. The largest absolute Gasteiger partial charge is 0.314 e. The van der Waals surface area contributed by atoms with E-state index >= 15 is 0 Å². The van der Waals surface area contributed by atoms with Crippen LogP contribution in [0.4, 0.5) is 0 Å². The number of rotatable bonds is 1. The summed E-state index contributed by atoms with van der Waals surface area (Å²) in [5.74, 6) is 0. The van der Waals surface area contributed by atoms with Gasteiger partial charge in [0.15, 0.2) is 0 Å². The van der Waals surface area contributed by atoms with E-state index in [1.54, 1.807) is 0 Å². The van der Waals surface area contributed by atoms with Gasteiger partial charge in [0.05, 0.1) is 5.54 Å². The van der Waals surface area contributed by atoms with E-state index in [1.165, 1.54) is 22.3 Å².